The predicted molar refractivity (Wildman–Crippen MR) is 160 cm³/mol. The van der Waals surface area contributed by atoms with Crippen molar-refractivity contribution in [2.45, 2.75) is 19.0 Å². The van der Waals surface area contributed by atoms with E-state index in [1.54, 1.807) is 48.0 Å². The van der Waals surface area contributed by atoms with Gasteiger partial charge in [0.2, 0.25) is 11.9 Å². The number of benzene rings is 2. The lowest BCUT2D eigenvalue weighted by Crippen LogP contribution is -2.53. The first kappa shape index (κ1) is 29.1. The Bertz CT molecular complexity index is 1880. The van der Waals surface area contributed by atoms with Gasteiger partial charge in [-0.15, -0.1) is 0 Å². The Morgan fingerprint density at radius 1 is 0.909 bits per heavy atom. The molecule has 0 N–H and O–H groups in total. The number of hydrogen-bond acceptors (Lipinski definition) is 9. The van der Waals surface area contributed by atoms with Crippen molar-refractivity contribution in [2.24, 2.45) is 14.1 Å². The monoisotopic (exact) mass is 605 g/mol. The summed E-state index contributed by atoms with van der Waals surface area (Å²) in [5, 5.41) is 0. The maximum absolute atomic E-state index is 14.7. The van der Waals surface area contributed by atoms with Crippen LogP contribution in [0.15, 0.2) is 52.1 Å². The number of piperazine rings is 1. The number of methoxy groups -OCH3 is 2. The molecule has 1 unspecified atom stereocenters. The van der Waals surface area contributed by atoms with Crippen LogP contribution in [0.2, 0.25) is 0 Å². The molecule has 2 aliphatic rings. The van der Waals surface area contributed by atoms with Gasteiger partial charge in [-0.25, -0.2) is 14.1 Å². The standard InChI is InChI=1S/C30H32FN7O6/c1-33-26-25(28(41)34(2)30(33)42)37(17-18-7-5-6-8-22(18)31)29(32-26)36-11-9-35(10-12-36)23-16-24(39)38(27(23)40)19-13-20(43-3)15-21(14-19)44-4/h5-8,13-15,23H,9-12,16-17H2,1-4H3. The van der Waals surface area contributed by atoms with E-state index in [4.69, 9.17) is 14.5 Å². The Morgan fingerprint density at radius 2 is 1.57 bits per heavy atom. The Hall–Kier alpha value is -4.98. The van der Waals surface area contributed by atoms with Crippen molar-refractivity contribution in [3.05, 3.63) is 74.7 Å². The summed E-state index contributed by atoms with van der Waals surface area (Å²) in [5.74, 6) is 0.268. The van der Waals surface area contributed by atoms with E-state index < -0.39 is 23.1 Å². The Balaban J connectivity index is 1.28. The van der Waals surface area contributed by atoms with E-state index >= 15 is 0 Å². The zero-order valence-electron chi connectivity index (χ0n) is 24.8. The molecule has 0 radical (unpaired) electrons. The molecule has 14 heteroatoms. The minimum Gasteiger partial charge on any atom is -0.497 e. The van der Waals surface area contributed by atoms with Crippen LogP contribution >= 0.6 is 0 Å². The van der Waals surface area contributed by atoms with E-state index in [0.29, 0.717) is 54.9 Å². The lowest BCUT2D eigenvalue weighted by Gasteiger charge is -2.37. The predicted octanol–water partition coefficient (Wildman–Crippen LogP) is 1.09. The molecule has 1 atom stereocenters. The lowest BCUT2D eigenvalue weighted by atomic mass is 10.1. The summed E-state index contributed by atoms with van der Waals surface area (Å²) in [5.41, 5.74) is 0.0977. The fraction of sp³-hybridized carbons (Fsp3) is 0.367. The van der Waals surface area contributed by atoms with Crippen molar-refractivity contribution in [3.8, 4) is 11.5 Å². The number of aryl methyl sites for hydroxylation is 1. The number of hydrogen-bond donors (Lipinski definition) is 0. The first-order chi connectivity index (χ1) is 21.1. The maximum atomic E-state index is 14.7. The fourth-order valence-electron chi connectivity index (χ4n) is 5.95. The molecule has 0 bridgehead atoms. The average Bonchev–Trinajstić information content (AvgIpc) is 3.56. The van der Waals surface area contributed by atoms with Crippen LogP contribution in [0.3, 0.4) is 0 Å². The molecular formula is C30H32FN7O6. The summed E-state index contributed by atoms with van der Waals surface area (Å²) in [6.07, 6.45) is 0.0301. The van der Waals surface area contributed by atoms with Crippen molar-refractivity contribution in [3.63, 3.8) is 0 Å². The molecular weight excluding hydrogens is 573 g/mol. The Labute approximate surface area is 251 Å². The molecule has 2 saturated heterocycles. The van der Waals surface area contributed by atoms with Crippen molar-refractivity contribution >= 4 is 34.6 Å². The van der Waals surface area contributed by atoms with Crippen molar-refractivity contribution in [1.29, 1.82) is 0 Å². The van der Waals surface area contributed by atoms with Gasteiger partial charge in [0.25, 0.3) is 11.5 Å². The van der Waals surface area contributed by atoms with E-state index in [2.05, 4.69) is 0 Å². The Kier molecular flexibility index (Phi) is 7.45. The number of carbonyl (C=O) groups is 2. The minimum atomic E-state index is -0.646. The number of anilines is 2. The van der Waals surface area contributed by atoms with E-state index in [-0.39, 0.29) is 35.9 Å². The second-order valence-electron chi connectivity index (χ2n) is 10.8. The summed E-state index contributed by atoms with van der Waals surface area (Å²) < 4.78 is 29.3. The molecule has 2 amide bonds. The number of aromatic nitrogens is 4. The van der Waals surface area contributed by atoms with Gasteiger partial charge in [0.05, 0.1) is 38.9 Å². The summed E-state index contributed by atoms with van der Waals surface area (Å²) >= 11 is 0. The van der Waals surface area contributed by atoms with Crippen LogP contribution in [0.4, 0.5) is 16.0 Å². The molecule has 0 spiro atoms. The van der Waals surface area contributed by atoms with Gasteiger partial charge in [0, 0.05) is 64.0 Å². The summed E-state index contributed by atoms with van der Waals surface area (Å²) in [4.78, 5) is 62.4. The average molecular weight is 606 g/mol. The quantitative estimate of drug-likeness (QED) is 0.285. The third-order valence-corrected chi connectivity index (χ3v) is 8.37. The number of imide groups is 1. The number of amides is 2. The maximum Gasteiger partial charge on any atom is 0.332 e. The molecule has 13 nitrogen and oxygen atoms in total. The van der Waals surface area contributed by atoms with E-state index in [1.807, 2.05) is 9.80 Å². The van der Waals surface area contributed by atoms with Gasteiger partial charge in [-0.2, -0.15) is 4.98 Å². The number of nitrogens with zero attached hydrogens (tertiary/aromatic N) is 7. The number of rotatable bonds is 7. The van der Waals surface area contributed by atoms with E-state index in [1.165, 1.54) is 36.8 Å². The van der Waals surface area contributed by atoms with Crippen LogP contribution in [0.5, 0.6) is 11.5 Å². The highest BCUT2D eigenvalue weighted by Gasteiger charge is 2.44. The lowest BCUT2D eigenvalue weighted by molar-refractivity contribution is -0.123. The summed E-state index contributed by atoms with van der Waals surface area (Å²) in [7, 11) is 5.93. The molecule has 44 heavy (non-hydrogen) atoms. The smallest absolute Gasteiger partial charge is 0.332 e. The number of carbonyl (C=O) groups excluding carboxylic acids is 2. The van der Waals surface area contributed by atoms with Crippen LogP contribution in [-0.4, -0.2) is 81.8 Å². The third kappa shape index (κ3) is 4.80. The highest BCUT2D eigenvalue weighted by molar-refractivity contribution is 6.22. The van der Waals surface area contributed by atoms with Crippen molar-refractivity contribution in [2.75, 3.05) is 50.2 Å². The largest absolute Gasteiger partial charge is 0.497 e. The number of ether oxygens (including phenoxy) is 2. The van der Waals surface area contributed by atoms with Crippen LogP contribution in [0.25, 0.3) is 11.2 Å². The van der Waals surface area contributed by atoms with E-state index in [9.17, 15) is 23.6 Å². The molecule has 4 aromatic rings. The molecule has 4 heterocycles. The van der Waals surface area contributed by atoms with Gasteiger partial charge in [0.15, 0.2) is 11.2 Å². The summed E-state index contributed by atoms with van der Waals surface area (Å²) in [6.45, 7) is 1.72. The molecule has 2 aromatic carbocycles. The molecule has 2 aromatic heterocycles. The van der Waals surface area contributed by atoms with Crippen LogP contribution in [0.1, 0.15) is 12.0 Å². The van der Waals surface area contributed by atoms with Gasteiger partial charge >= 0.3 is 5.69 Å². The van der Waals surface area contributed by atoms with Gasteiger partial charge < -0.3 is 14.4 Å². The van der Waals surface area contributed by atoms with Gasteiger partial charge in [-0.1, -0.05) is 18.2 Å². The second kappa shape index (κ2) is 11.3. The van der Waals surface area contributed by atoms with Gasteiger partial charge in [-0.3, -0.25) is 33.0 Å². The molecule has 0 saturated carbocycles. The number of fused-ring (bicyclic) bond motifs is 1. The first-order valence-corrected chi connectivity index (χ1v) is 14.1. The number of halogens is 1. The molecule has 6 rings (SSSR count). The van der Waals surface area contributed by atoms with Crippen LogP contribution in [0, 0.1) is 5.82 Å². The highest BCUT2D eigenvalue weighted by atomic mass is 19.1. The highest BCUT2D eigenvalue weighted by Crippen LogP contribution is 2.33. The minimum absolute atomic E-state index is 0.0285. The molecule has 230 valence electrons. The fourth-order valence-corrected chi connectivity index (χ4v) is 5.95. The zero-order valence-corrected chi connectivity index (χ0v) is 24.8. The second-order valence-corrected chi connectivity index (χ2v) is 10.8. The SMILES string of the molecule is COc1cc(OC)cc(N2C(=O)CC(N3CCN(c4nc5c(c(=O)n(C)c(=O)n5C)n4Cc4ccccc4F)CC3)C2=O)c1. The van der Waals surface area contributed by atoms with Crippen molar-refractivity contribution < 1.29 is 23.5 Å². The normalized spacial score (nSPS) is 17.6. The van der Waals surface area contributed by atoms with Crippen LogP contribution in [-0.2, 0) is 30.2 Å². The Morgan fingerprint density at radius 3 is 2.20 bits per heavy atom. The van der Waals surface area contributed by atoms with Crippen LogP contribution < -0.4 is 30.5 Å². The number of imidazole rings is 1. The third-order valence-electron chi connectivity index (χ3n) is 8.37. The van der Waals surface area contributed by atoms with Crippen molar-refractivity contribution in [1.82, 2.24) is 23.6 Å². The molecule has 0 aliphatic carbocycles. The first-order valence-electron chi connectivity index (χ1n) is 14.1. The van der Waals surface area contributed by atoms with Gasteiger partial charge in [-0.05, 0) is 6.07 Å². The van der Waals surface area contributed by atoms with Gasteiger partial charge in [0.1, 0.15) is 17.3 Å². The zero-order chi connectivity index (χ0) is 31.3. The molecule has 2 aliphatic heterocycles. The van der Waals surface area contributed by atoms with E-state index in [0.717, 1.165) is 4.57 Å². The summed E-state index contributed by atoms with van der Waals surface area (Å²) in [6, 6.07) is 10.6. The molecule has 2 fully saturated rings. The topological polar surface area (TPSA) is 124 Å².